The van der Waals surface area contributed by atoms with Crippen LogP contribution in [0.2, 0.25) is 0 Å². The Balaban J connectivity index is 2.14. The molecular weight excluding hydrogens is 229 g/mol. The third kappa shape index (κ3) is 3.03. The van der Waals surface area contributed by atoms with Crippen LogP contribution in [-0.2, 0) is 0 Å². The summed E-state index contributed by atoms with van der Waals surface area (Å²) in [5, 5.41) is 27.2. The molecule has 2 rings (SSSR count). The molecule has 0 saturated heterocycles. The zero-order valence-corrected chi connectivity index (χ0v) is 10.2. The van der Waals surface area contributed by atoms with Gasteiger partial charge in [0.1, 0.15) is 11.8 Å². The van der Waals surface area contributed by atoms with E-state index in [1.54, 1.807) is 12.1 Å². The van der Waals surface area contributed by atoms with Crippen LogP contribution < -0.4 is 10.2 Å². The normalized spacial score (nSPS) is 16.1. The maximum absolute atomic E-state index is 9.06. The number of nitrogens with zero attached hydrogens (tertiary/aromatic N) is 1. The maximum atomic E-state index is 9.06. The van der Waals surface area contributed by atoms with Gasteiger partial charge in [-0.3, -0.25) is 0 Å². The minimum absolute atomic E-state index is 0.177. The second kappa shape index (κ2) is 5.90. The molecule has 1 aromatic carbocycles. The molecule has 0 bridgehead atoms. The highest BCUT2D eigenvalue weighted by Crippen LogP contribution is 2.25. The number of rotatable bonds is 3. The summed E-state index contributed by atoms with van der Waals surface area (Å²) in [5.41, 5.74) is 0.661. The van der Waals surface area contributed by atoms with Crippen molar-refractivity contribution in [2.24, 2.45) is 0 Å². The van der Waals surface area contributed by atoms with Gasteiger partial charge in [-0.1, -0.05) is 12.5 Å². The van der Waals surface area contributed by atoms with Gasteiger partial charge in [0.05, 0.1) is 11.7 Å². The highest BCUT2D eigenvalue weighted by Gasteiger charge is 2.18. The smallest absolute Gasteiger partial charge is 0.488 e. The highest BCUT2D eigenvalue weighted by atomic mass is 16.5. The summed E-state index contributed by atoms with van der Waals surface area (Å²) in [4.78, 5) is 0. The standard InChI is InChI=1S/C13H16BNO3/c15-9-10-8-11(14(16)17)6-7-13(10)18-12-4-2-1-3-5-12/h6-8,12,16-17H,1-5H2. The van der Waals surface area contributed by atoms with Crippen molar-refractivity contribution >= 4 is 12.6 Å². The van der Waals surface area contributed by atoms with Crippen LogP contribution in [0.4, 0.5) is 0 Å². The fraction of sp³-hybridized carbons (Fsp3) is 0.462. The molecule has 0 aliphatic heterocycles. The first-order valence-electron chi connectivity index (χ1n) is 6.27. The van der Waals surface area contributed by atoms with E-state index in [2.05, 4.69) is 0 Å². The van der Waals surface area contributed by atoms with E-state index < -0.39 is 7.12 Å². The first kappa shape index (κ1) is 12.9. The van der Waals surface area contributed by atoms with Gasteiger partial charge in [-0.15, -0.1) is 0 Å². The molecule has 0 unspecified atom stereocenters. The van der Waals surface area contributed by atoms with Gasteiger partial charge in [0.25, 0.3) is 0 Å². The molecule has 18 heavy (non-hydrogen) atoms. The zero-order valence-electron chi connectivity index (χ0n) is 10.2. The quantitative estimate of drug-likeness (QED) is 0.777. The SMILES string of the molecule is N#Cc1cc(B(O)O)ccc1OC1CCCCC1. The molecule has 5 heteroatoms. The molecule has 1 saturated carbocycles. The van der Waals surface area contributed by atoms with Crippen molar-refractivity contribution < 1.29 is 14.8 Å². The summed E-state index contributed by atoms with van der Waals surface area (Å²) < 4.78 is 5.83. The first-order chi connectivity index (χ1) is 8.70. The van der Waals surface area contributed by atoms with E-state index in [0.29, 0.717) is 16.8 Å². The lowest BCUT2D eigenvalue weighted by Crippen LogP contribution is -2.30. The molecule has 1 aliphatic carbocycles. The van der Waals surface area contributed by atoms with Crippen molar-refractivity contribution in [3.63, 3.8) is 0 Å². The van der Waals surface area contributed by atoms with Gasteiger partial charge in [0, 0.05) is 0 Å². The number of hydrogen-bond donors (Lipinski definition) is 2. The van der Waals surface area contributed by atoms with Gasteiger partial charge in [0.2, 0.25) is 0 Å². The molecule has 4 nitrogen and oxygen atoms in total. The van der Waals surface area contributed by atoms with Crippen molar-refractivity contribution in [2.45, 2.75) is 38.2 Å². The van der Waals surface area contributed by atoms with Crippen molar-refractivity contribution in [3.05, 3.63) is 23.8 Å². The van der Waals surface area contributed by atoms with Gasteiger partial charge in [-0.05, 0) is 43.3 Å². The highest BCUT2D eigenvalue weighted by molar-refractivity contribution is 6.58. The Labute approximate surface area is 107 Å². The Morgan fingerprint density at radius 1 is 1.22 bits per heavy atom. The van der Waals surface area contributed by atoms with Crippen molar-refractivity contribution in [1.29, 1.82) is 5.26 Å². The molecule has 1 aromatic rings. The molecular formula is C13H16BNO3. The second-order valence-corrected chi connectivity index (χ2v) is 4.62. The first-order valence-corrected chi connectivity index (χ1v) is 6.27. The van der Waals surface area contributed by atoms with Gasteiger partial charge >= 0.3 is 7.12 Å². The van der Waals surface area contributed by atoms with E-state index in [1.165, 1.54) is 25.3 Å². The molecule has 0 amide bonds. The average Bonchev–Trinajstić information content (AvgIpc) is 2.40. The van der Waals surface area contributed by atoms with Crippen molar-refractivity contribution in [1.82, 2.24) is 0 Å². The lowest BCUT2D eigenvalue weighted by Gasteiger charge is -2.23. The van der Waals surface area contributed by atoms with Gasteiger partial charge in [-0.25, -0.2) is 0 Å². The van der Waals surface area contributed by atoms with Crippen molar-refractivity contribution in [2.75, 3.05) is 0 Å². The summed E-state index contributed by atoms with van der Waals surface area (Å²) in [6, 6.07) is 6.71. The second-order valence-electron chi connectivity index (χ2n) is 4.62. The molecule has 0 radical (unpaired) electrons. The maximum Gasteiger partial charge on any atom is 0.488 e. The number of nitriles is 1. The van der Waals surface area contributed by atoms with Crippen LogP contribution in [0.3, 0.4) is 0 Å². The predicted octanol–water partition coefficient (Wildman–Crippen LogP) is 0.950. The van der Waals surface area contributed by atoms with Crippen LogP contribution in [0.5, 0.6) is 5.75 Å². The molecule has 0 aromatic heterocycles. The van der Waals surface area contributed by atoms with Crippen LogP contribution in [0.25, 0.3) is 0 Å². The average molecular weight is 245 g/mol. The number of ether oxygens (including phenoxy) is 1. The van der Waals surface area contributed by atoms with Gasteiger partial charge in [-0.2, -0.15) is 5.26 Å². The fourth-order valence-electron chi connectivity index (χ4n) is 2.26. The molecule has 1 aliphatic rings. The summed E-state index contributed by atoms with van der Waals surface area (Å²) in [6.07, 6.45) is 5.81. The Kier molecular flexibility index (Phi) is 4.24. The van der Waals surface area contributed by atoms with E-state index in [0.717, 1.165) is 12.8 Å². The van der Waals surface area contributed by atoms with E-state index in [9.17, 15) is 0 Å². The number of benzene rings is 1. The number of hydrogen-bond acceptors (Lipinski definition) is 4. The lowest BCUT2D eigenvalue weighted by atomic mass is 9.79. The molecule has 2 N–H and O–H groups in total. The summed E-state index contributed by atoms with van der Waals surface area (Å²) in [6.45, 7) is 0. The van der Waals surface area contributed by atoms with Crippen LogP contribution in [0, 0.1) is 11.3 Å². The molecule has 0 atom stereocenters. The molecule has 1 fully saturated rings. The summed E-state index contributed by atoms with van der Waals surface area (Å²) >= 11 is 0. The van der Waals surface area contributed by atoms with E-state index in [4.69, 9.17) is 20.0 Å². The Bertz CT molecular complexity index is 450. The summed E-state index contributed by atoms with van der Waals surface area (Å²) in [5.74, 6) is 0.536. The van der Waals surface area contributed by atoms with Crippen LogP contribution in [0.15, 0.2) is 18.2 Å². The summed E-state index contributed by atoms with van der Waals surface area (Å²) in [7, 11) is -1.55. The van der Waals surface area contributed by atoms with Crippen LogP contribution in [0.1, 0.15) is 37.7 Å². The minimum atomic E-state index is -1.55. The fourth-order valence-corrected chi connectivity index (χ4v) is 2.26. The Morgan fingerprint density at radius 3 is 2.56 bits per heavy atom. The third-order valence-electron chi connectivity index (χ3n) is 3.27. The molecule has 0 heterocycles. The van der Waals surface area contributed by atoms with Crippen molar-refractivity contribution in [3.8, 4) is 11.8 Å². The zero-order chi connectivity index (χ0) is 13.0. The molecule has 94 valence electrons. The Morgan fingerprint density at radius 2 is 1.94 bits per heavy atom. The van der Waals surface area contributed by atoms with Gasteiger partial charge < -0.3 is 14.8 Å². The predicted molar refractivity (Wildman–Crippen MR) is 68.5 cm³/mol. The van der Waals surface area contributed by atoms with Gasteiger partial charge in [0.15, 0.2) is 0 Å². The monoisotopic (exact) mass is 245 g/mol. The van der Waals surface area contributed by atoms with Crippen LogP contribution in [-0.4, -0.2) is 23.3 Å². The van der Waals surface area contributed by atoms with Crippen LogP contribution >= 0.6 is 0 Å². The van der Waals surface area contributed by atoms with E-state index >= 15 is 0 Å². The third-order valence-corrected chi connectivity index (χ3v) is 3.27. The minimum Gasteiger partial charge on any atom is -0.489 e. The van der Waals surface area contributed by atoms with E-state index in [-0.39, 0.29) is 6.10 Å². The largest absolute Gasteiger partial charge is 0.489 e. The topological polar surface area (TPSA) is 73.5 Å². The molecule has 0 spiro atoms. The Hall–Kier alpha value is -1.51. The lowest BCUT2D eigenvalue weighted by molar-refractivity contribution is 0.154. The van der Waals surface area contributed by atoms with E-state index in [1.807, 2.05) is 6.07 Å².